The Morgan fingerprint density at radius 2 is 2.16 bits per heavy atom. The highest BCUT2D eigenvalue weighted by Crippen LogP contribution is 2.23. The standard InChI is InChI=1S/C14H20ClN3O/c1-17(2)7-4-8-18-13-9-11(19-3)5-6-12(13)16-14(18)10-15/h5-6,9H,4,7-8,10H2,1-3H3. The quantitative estimate of drug-likeness (QED) is 0.763. The molecule has 0 spiro atoms. The molecule has 0 atom stereocenters. The van der Waals surface area contributed by atoms with E-state index in [0.29, 0.717) is 5.88 Å². The molecule has 0 fully saturated rings. The molecular weight excluding hydrogens is 262 g/mol. The van der Waals surface area contributed by atoms with Crippen LogP contribution < -0.4 is 4.74 Å². The number of fused-ring (bicyclic) bond motifs is 1. The van der Waals surface area contributed by atoms with Gasteiger partial charge in [0.15, 0.2) is 0 Å². The summed E-state index contributed by atoms with van der Waals surface area (Å²) in [4.78, 5) is 6.75. The number of benzene rings is 1. The van der Waals surface area contributed by atoms with E-state index in [1.165, 1.54) is 0 Å². The van der Waals surface area contributed by atoms with Crippen LogP contribution in [0.1, 0.15) is 12.2 Å². The average Bonchev–Trinajstić information content (AvgIpc) is 2.75. The van der Waals surface area contributed by atoms with Gasteiger partial charge in [0.1, 0.15) is 11.6 Å². The summed E-state index contributed by atoms with van der Waals surface area (Å²) in [5, 5.41) is 0. The van der Waals surface area contributed by atoms with E-state index >= 15 is 0 Å². The van der Waals surface area contributed by atoms with Crippen LogP contribution in [0, 0.1) is 0 Å². The van der Waals surface area contributed by atoms with Gasteiger partial charge in [-0.2, -0.15) is 0 Å². The van der Waals surface area contributed by atoms with Gasteiger partial charge in [0.2, 0.25) is 0 Å². The summed E-state index contributed by atoms with van der Waals surface area (Å²) in [5.41, 5.74) is 2.06. The number of imidazole rings is 1. The molecule has 0 bridgehead atoms. The first-order chi connectivity index (χ1) is 9.15. The van der Waals surface area contributed by atoms with Crippen LogP contribution in [-0.4, -0.2) is 42.2 Å². The van der Waals surface area contributed by atoms with E-state index in [4.69, 9.17) is 16.3 Å². The predicted octanol–water partition coefficient (Wildman–Crippen LogP) is 2.74. The van der Waals surface area contributed by atoms with E-state index in [1.807, 2.05) is 18.2 Å². The fourth-order valence-corrected chi connectivity index (χ4v) is 2.38. The van der Waals surface area contributed by atoms with Crippen LogP contribution in [-0.2, 0) is 12.4 Å². The third kappa shape index (κ3) is 3.19. The van der Waals surface area contributed by atoms with Gasteiger partial charge in [0.05, 0.1) is 24.0 Å². The maximum absolute atomic E-state index is 5.99. The molecule has 1 aromatic heterocycles. The fraction of sp³-hybridized carbons (Fsp3) is 0.500. The van der Waals surface area contributed by atoms with Crippen molar-refractivity contribution in [2.45, 2.75) is 18.8 Å². The first-order valence-electron chi connectivity index (χ1n) is 6.39. The van der Waals surface area contributed by atoms with Crippen molar-refractivity contribution in [2.75, 3.05) is 27.7 Å². The zero-order valence-electron chi connectivity index (χ0n) is 11.7. The molecule has 19 heavy (non-hydrogen) atoms. The van der Waals surface area contributed by atoms with E-state index < -0.39 is 0 Å². The number of halogens is 1. The zero-order valence-corrected chi connectivity index (χ0v) is 12.4. The van der Waals surface area contributed by atoms with Crippen molar-refractivity contribution in [3.05, 3.63) is 24.0 Å². The second-order valence-corrected chi connectivity index (χ2v) is 5.09. The molecule has 5 heteroatoms. The van der Waals surface area contributed by atoms with Crippen molar-refractivity contribution in [1.82, 2.24) is 14.5 Å². The SMILES string of the molecule is COc1ccc2nc(CCl)n(CCCN(C)C)c2c1. The molecule has 0 aliphatic rings. The molecule has 0 saturated heterocycles. The number of aromatic nitrogens is 2. The Kier molecular flexibility index (Phi) is 4.66. The Hall–Kier alpha value is -1.26. The van der Waals surface area contributed by atoms with Gasteiger partial charge in [0, 0.05) is 12.6 Å². The summed E-state index contributed by atoms with van der Waals surface area (Å²) in [6.45, 7) is 1.97. The van der Waals surface area contributed by atoms with Gasteiger partial charge in [-0.05, 0) is 39.2 Å². The second-order valence-electron chi connectivity index (χ2n) is 4.82. The smallest absolute Gasteiger partial charge is 0.124 e. The highest BCUT2D eigenvalue weighted by Gasteiger charge is 2.10. The van der Waals surface area contributed by atoms with Crippen molar-refractivity contribution in [3.8, 4) is 5.75 Å². The number of alkyl halides is 1. The third-order valence-corrected chi connectivity index (χ3v) is 3.38. The maximum Gasteiger partial charge on any atom is 0.124 e. The number of hydrogen-bond donors (Lipinski definition) is 0. The number of methoxy groups -OCH3 is 1. The molecule has 0 amide bonds. The van der Waals surface area contributed by atoms with Gasteiger partial charge in [-0.15, -0.1) is 11.6 Å². The minimum absolute atomic E-state index is 0.430. The van der Waals surface area contributed by atoms with E-state index in [1.54, 1.807) is 7.11 Å². The minimum Gasteiger partial charge on any atom is -0.497 e. The number of aryl methyl sites for hydroxylation is 1. The molecule has 0 radical (unpaired) electrons. The van der Waals surface area contributed by atoms with Gasteiger partial charge in [-0.25, -0.2) is 4.98 Å². The molecule has 0 saturated carbocycles. The molecule has 1 heterocycles. The van der Waals surface area contributed by atoms with Gasteiger partial charge in [-0.1, -0.05) is 0 Å². The van der Waals surface area contributed by atoms with Crippen LogP contribution in [0.25, 0.3) is 11.0 Å². The predicted molar refractivity (Wildman–Crippen MR) is 79.0 cm³/mol. The molecule has 2 rings (SSSR count). The highest BCUT2D eigenvalue weighted by atomic mass is 35.5. The van der Waals surface area contributed by atoms with Crippen LogP contribution in [0.3, 0.4) is 0 Å². The van der Waals surface area contributed by atoms with Crippen molar-refractivity contribution >= 4 is 22.6 Å². The van der Waals surface area contributed by atoms with Crippen LogP contribution in [0.15, 0.2) is 18.2 Å². The largest absolute Gasteiger partial charge is 0.497 e. The normalized spacial score (nSPS) is 11.4. The van der Waals surface area contributed by atoms with Crippen molar-refractivity contribution < 1.29 is 4.74 Å². The Morgan fingerprint density at radius 1 is 1.37 bits per heavy atom. The first-order valence-corrected chi connectivity index (χ1v) is 6.93. The zero-order chi connectivity index (χ0) is 13.8. The monoisotopic (exact) mass is 281 g/mol. The summed E-state index contributed by atoms with van der Waals surface area (Å²) in [5.74, 6) is 2.20. The highest BCUT2D eigenvalue weighted by molar-refractivity contribution is 6.16. The number of ether oxygens (including phenoxy) is 1. The Balaban J connectivity index is 2.32. The number of rotatable bonds is 6. The first kappa shape index (κ1) is 14.2. The number of nitrogens with zero attached hydrogens (tertiary/aromatic N) is 3. The maximum atomic E-state index is 5.99. The van der Waals surface area contributed by atoms with Crippen LogP contribution in [0.4, 0.5) is 0 Å². The Labute approximate surface area is 118 Å². The lowest BCUT2D eigenvalue weighted by molar-refractivity contribution is 0.386. The molecule has 104 valence electrons. The summed E-state index contributed by atoms with van der Waals surface area (Å²) < 4.78 is 7.47. The number of hydrogen-bond acceptors (Lipinski definition) is 3. The van der Waals surface area contributed by atoms with E-state index in [2.05, 4.69) is 28.5 Å². The van der Waals surface area contributed by atoms with Crippen molar-refractivity contribution in [2.24, 2.45) is 0 Å². The van der Waals surface area contributed by atoms with Crippen LogP contribution in [0.2, 0.25) is 0 Å². The van der Waals surface area contributed by atoms with Crippen LogP contribution in [0.5, 0.6) is 5.75 Å². The van der Waals surface area contributed by atoms with E-state index in [-0.39, 0.29) is 0 Å². The molecule has 4 nitrogen and oxygen atoms in total. The molecular formula is C14H20ClN3O. The van der Waals surface area contributed by atoms with E-state index in [9.17, 15) is 0 Å². The molecule has 0 unspecified atom stereocenters. The molecule has 0 N–H and O–H groups in total. The summed E-state index contributed by atoms with van der Waals surface area (Å²) in [7, 11) is 5.84. The average molecular weight is 282 g/mol. The fourth-order valence-electron chi connectivity index (χ4n) is 2.18. The molecule has 1 aromatic carbocycles. The molecule has 0 aliphatic carbocycles. The van der Waals surface area contributed by atoms with Gasteiger partial charge >= 0.3 is 0 Å². The lowest BCUT2D eigenvalue weighted by Crippen LogP contribution is -2.15. The summed E-state index contributed by atoms with van der Waals surface area (Å²) in [6.07, 6.45) is 1.07. The third-order valence-electron chi connectivity index (χ3n) is 3.14. The summed E-state index contributed by atoms with van der Waals surface area (Å²) in [6, 6.07) is 5.93. The Bertz CT molecular complexity index is 551. The van der Waals surface area contributed by atoms with Crippen molar-refractivity contribution in [3.63, 3.8) is 0 Å². The van der Waals surface area contributed by atoms with E-state index in [0.717, 1.165) is 42.1 Å². The van der Waals surface area contributed by atoms with Gasteiger partial charge in [-0.3, -0.25) is 0 Å². The lowest BCUT2D eigenvalue weighted by Gasteiger charge is -2.12. The lowest BCUT2D eigenvalue weighted by atomic mass is 10.3. The van der Waals surface area contributed by atoms with Crippen molar-refractivity contribution in [1.29, 1.82) is 0 Å². The summed E-state index contributed by atoms with van der Waals surface area (Å²) >= 11 is 5.99. The Morgan fingerprint density at radius 3 is 2.79 bits per heavy atom. The van der Waals surface area contributed by atoms with Crippen LogP contribution >= 0.6 is 11.6 Å². The van der Waals surface area contributed by atoms with Gasteiger partial charge < -0.3 is 14.2 Å². The minimum atomic E-state index is 0.430. The molecule has 0 aliphatic heterocycles. The molecule has 2 aromatic rings. The second kappa shape index (κ2) is 6.26. The topological polar surface area (TPSA) is 30.3 Å². The van der Waals surface area contributed by atoms with Gasteiger partial charge in [0.25, 0.3) is 0 Å².